The number of nitrogens with zero attached hydrogens (tertiary/aromatic N) is 1. The highest BCUT2D eigenvalue weighted by atomic mass is 35.5. The molecule has 0 bridgehead atoms. The van der Waals surface area contributed by atoms with E-state index in [1.807, 2.05) is 37.6 Å². The molecule has 0 atom stereocenters. The topological polar surface area (TPSA) is 34.2 Å². The van der Waals surface area contributed by atoms with E-state index in [2.05, 4.69) is 10.3 Å². The molecule has 1 N–H and O–H groups in total. The third-order valence-corrected chi connectivity index (χ3v) is 3.64. The predicted molar refractivity (Wildman–Crippen MR) is 80.3 cm³/mol. The fourth-order valence-corrected chi connectivity index (χ4v) is 2.33. The van der Waals surface area contributed by atoms with Crippen LogP contribution in [0.15, 0.2) is 41.3 Å². The van der Waals surface area contributed by atoms with E-state index in [0.717, 1.165) is 16.3 Å². The molecule has 0 aliphatic heterocycles. The van der Waals surface area contributed by atoms with Crippen molar-refractivity contribution in [3.05, 3.63) is 47.1 Å². The van der Waals surface area contributed by atoms with Crippen LogP contribution >= 0.6 is 23.4 Å². The zero-order valence-electron chi connectivity index (χ0n) is 10.8. The molecule has 0 radical (unpaired) electrons. The summed E-state index contributed by atoms with van der Waals surface area (Å²) in [5.74, 6) is 1.36. The van der Waals surface area contributed by atoms with Gasteiger partial charge >= 0.3 is 0 Å². The molecule has 0 amide bonds. The van der Waals surface area contributed by atoms with Gasteiger partial charge in [0, 0.05) is 17.5 Å². The van der Waals surface area contributed by atoms with Crippen LogP contribution in [0.2, 0.25) is 5.02 Å². The van der Waals surface area contributed by atoms with Gasteiger partial charge in [0.2, 0.25) is 5.88 Å². The quantitative estimate of drug-likeness (QED) is 0.846. The number of thioether (sulfide) groups is 1. The van der Waals surface area contributed by atoms with Crippen molar-refractivity contribution in [1.29, 1.82) is 0 Å². The summed E-state index contributed by atoms with van der Waals surface area (Å²) in [5.41, 5.74) is 0.781. The van der Waals surface area contributed by atoms with Crippen LogP contribution in [0.5, 0.6) is 11.6 Å². The molecule has 1 aromatic heterocycles. The third kappa shape index (κ3) is 3.62. The lowest BCUT2D eigenvalue weighted by atomic mass is 10.3. The first-order valence-corrected chi connectivity index (χ1v) is 7.45. The maximum atomic E-state index is 6.07. The normalized spacial score (nSPS) is 10.5. The molecule has 5 heteroatoms. The largest absolute Gasteiger partial charge is 0.438 e. The summed E-state index contributed by atoms with van der Waals surface area (Å²) < 4.78 is 5.82. The summed E-state index contributed by atoms with van der Waals surface area (Å²) in [6, 6.07) is 11.5. The molecule has 2 aromatic rings. The second kappa shape index (κ2) is 6.80. The number of pyridine rings is 1. The van der Waals surface area contributed by atoms with Crippen LogP contribution in [0.3, 0.4) is 0 Å². The van der Waals surface area contributed by atoms with Crippen molar-refractivity contribution >= 4 is 23.4 Å². The average Bonchev–Trinajstić information content (AvgIpc) is 2.43. The zero-order valence-corrected chi connectivity index (χ0v) is 12.4. The van der Waals surface area contributed by atoms with Crippen LogP contribution in [0, 0.1) is 0 Å². The first-order chi connectivity index (χ1) is 9.24. The monoisotopic (exact) mass is 294 g/mol. The van der Waals surface area contributed by atoms with Crippen molar-refractivity contribution in [2.24, 2.45) is 0 Å². The van der Waals surface area contributed by atoms with E-state index in [1.165, 1.54) is 0 Å². The second-order valence-corrected chi connectivity index (χ2v) is 5.12. The van der Waals surface area contributed by atoms with E-state index in [0.29, 0.717) is 17.4 Å². The van der Waals surface area contributed by atoms with Crippen molar-refractivity contribution in [1.82, 2.24) is 10.3 Å². The molecule has 0 unspecified atom stereocenters. The first kappa shape index (κ1) is 14.2. The van der Waals surface area contributed by atoms with Crippen LogP contribution in [0.25, 0.3) is 0 Å². The van der Waals surface area contributed by atoms with Crippen molar-refractivity contribution in [3.63, 3.8) is 0 Å². The smallest absolute Gasteiger partial charge is 0.219 e. The number of para-hydroxylation sites is 1. The molecule has 0 fully saturated rings. The van der Waals surface area contributed by atoms with Gasteiger partial charge in [-0.15, -0.1) is 11.8 Å². The number of benzene rings is 1. The summed E-state index contributed by atoms with van der Waals surface area (Å²) in [4.78, 5) is 5.48. The summed E-state index contributed by atoms with van der Waals surface area (Å²) in [6.45, 7) is 0.611. The van der Waals surface area contributed by atoms with Crippen LogP contribution in [0.4, 0.5) is 0 Å². The maximum absolute atomic E-state index is 6.07. The van der Waals surface area contributed by atoms with Crippen LogP contribution < -0.4 is 10.1 Å². The molecule has 1 aromatic carbocycles. The molecular weight excluding hydrogens is 280 g/mol. The van der Waals surface area contributed by atoms with Crippen molar-refractivity contribution < 1.29 is 4.74 Å². The highest BCUT2D eigenvalue weighted by Gasteiger charge is 2.07. The molecule has 0 saturated carbocycles. The van der Waals surface area contributed by atoms with Gasteiger partial charge in [-0.3, -0.25) is 0 Å². The lowest BCUT2D eigenvalue weighted by Gasteiger charge is -2.10. The Labute approximate surface area is 122 Å². The second-order valence-electron chi connectivity index (χ2n) is 3.86. The fourth-order valence-electron chi connectivity index (χ4n) is 1.63. The SMILES string of the molecule is CNCc1nc(Oc2ccccc2SC)ccc1Cl. The molecule has 19 heavy (non-hydrogen) atoms. The summed E-state index contributed by atoms with van der Waals surface area (Å²) in [5, 5.41) is 3.67. The molecule has 0 saturated heterocycles. The highest BCUT2D eigenvalue weighted by Crippen LogP contribution is 2.31. The van der Waals surface area contributed by atoms with Crippen LogP contribution in [-0.4, -0.2) is 18.3 Å². The van der Waals surface area contributed by atoms with Crippen LogP contribution in [-0.2, 0) is 6.54 Å². The molecule has 0 aliphatic rings. The Hall–Kier alpha value is -1.23. The van der Waals surface area contributed by atoms with Gasteiger partial charge in [-0.05, 0) is 31.5 Å². The Morgan fingerprint density at radius 3 is 2.79 bits per heavy atom. The minimum atomic E-state index is 0.552. The Kier molecular flexibility index (Phi) is 5.07. The minimum absolute atomic E-state index is 0.552. The van der Waals surface area contributed by atoms with Gasteiger partial charge in [0.05, 0.1) is 10.7 Å². The summed E-state index contributed by atoms with van der Waals surface area (Å²) >= 11 is 7.72. The molecule has 3 nitrogen and oxygen atoms in total. The Bertz CT molecular complexity index is 563. The van der Waals surface area contributed by atoms with Gasteiger partial charge in [0.25, 0.3) is 0 Å². The Morgan fingerprint density at radius 2 is 2.05 bits per heavy atom. The number of ether oxygens (including phenoxy) is 1. The molecule has 100 valence electrons. The van der Waals surface area contributed by atoms with Gasteiger partial charge in [0.15, 0.2) is 0 Å². The van der Waals surface area contributed by atoms with Gasteiger partial charge in [0.1, 0.15) is 5.75 Å². The van der Waals surface area contributed by atoms with Crippen LogP contribution in [0.1, 0.15) is 5.69 Å². The molecule has 0 aliphatic carbocycles. The molecular formula is C14H15ClN2OS. The van der Waals surface area contributed by atoms with E-state index in [-0.39, 0.29) is 0 Å². The van der Waals surface area contributed by atoms with Crippen molar-refractivity contribution in [3.8, 4) is 11.6 Å². The first-order valence-electron chi connectivity index (χ1n) is 5.85. The van der Waals surface area contributed by atoms with Gasteiger partial charge < -0.3 is 10.1 Å². The number of hydrogen-bond donors (Lipinski definition) is 1. The maximum Gasteiger partial charge on any atom is 0.219 e. The lowest BCUT2D eigenvalue weighted by Crippen LogP contribution is -2.07. The minimum Gasteiger partial charge on any atom is -0.438 e. The van der Waals surface area contributed by atoms with Crippen molar-refractivity contribution in [2.45, 2.75) is 11.4 Å². The molecule has 1 heterocycles. The average molecular weight is 295 g/mol. The number of aromatic nitrogens is 1. The van der Waals surface area contributed by atoms with Gasteiger partial charge in [-0.2, -0.15) is 0 Å². The zero-order chi connectivity index (χ0) is 13.7. The molecule has 2 rings (SSSR count). The van der Waals surface area contributed by atoms with E-state index < -0.39 is 0 Å². The number of halogens is 1. The number of rotatable bonds is 5. The number of hydrogen-bond acceptors (Lipinski definition) is 4. The lowest BCUT2D eigenvalue weighted by molar-refractivity contribution is 0.449. The standard InChI is InChI=1S/C14H15ClN2OS/c1-16-9-11-10(15)7-8-14(17-11)18-12-5-3-4-6-13(12)19-2/h3-8,16H,9H2,1-2H3. The van der Waals surface area contributed by atoms with Gasteiger partial charge in [-0.1, -0.05) is 23.7 Å². The Balaban J connectivity index is 2.25. The Morgan fingerprint density at radius 1 is 1.26 bits per heavy atom. The molecule has 0 spiro atoms. The van der Waals surface area contributed by atoms with Gasteiger partial charge in [-0.25, -0.2) is 4.98 Å². The van der Waals surface area contributed by atoms with E-state index in [9.17, 15) is 0 Å². The summed E-state index contributed by atoms with van der Waals surface area (Å²) in [7, 11) is 1.86. The number of nitrogens with one attached hydrogen (secondary N) is 1. The van der Waals surface area contributed by atoms with Crippen molar-refractivity contribution in [2.75, 3.05) is 13.3 Å². The third-order valence-electron chi connectivity index (χ3n) is 2.52. The van der Waals surface area contributed by atoms with E-state index >= 15 is 0 Å². The predicted octanol–water partition coefficient (Wildman–Crippen LogP) is 3.97. The summed E-state index contributed by atoms with van der Waals surface area (Å²) in [6.07, 6.45) is 2.02. The van der Waals surface area contributed by atoms with E-state index in [4.69, 9.17) is 16.3 Å². The highest BCUT2D eigenvalue weighted by molar-refractivity contribution is 7.98. The van der Waals surface area contributed by atoms with E-state index in [1.54, 1.807) is 23.9 Å². The fraction of sp³-hybridized carbons (Fsp3) is 0.214.